The largest absolute Gasteiger partial charge is 0.479 e. The molecule has 0 atom stereocenters. The Bertz CT molecular complexity index is 446. The molecule has 1 aromatic rings. The molecule has 96 valence electrons. The first kappa shape index (κ1) is 14.0. The molecule has 3 N–H and O–H groups in total. The maximum atomic E-state index is 11.1. The first-order valence-electron chi connectivity index (χ1n) is 5.59. The third-order valence-corrected chi connectivity index (χ3v) is 2.58. The molecule has 0 heterocycles. The highest BCUT2D eigenvalue weighted by molar-refractivity contribution is 5.83. The number of carbonyl (C=O) groups is 1. The Labute approximate surface area is 107 Å². The summed E-state index contributed by atoms with van der Waals surface area (Å²) in [5, 5.41) is 11.4. The quantitative estimate of drug-likeness (QED) is 0.783. The van der Waals surface area contributed by atoms with Crippen LogP contribution in [0.2, 0.25) is 0 Å². The number of rotatable bonds is 6. The summed E-state index contributed by atoms with van der Waals surface area (Å²) in [6.07, 6.45) is 0. The van der Waals surface area contributed by atoms with Crippen LogP contribution in [0.15, 0.2) is 24.3 Å². The Balaban J connectivity index is 2.54. The second-order valence-electron chi connectivity index (χ2n) is 4.43. The monoisotopic (exact) mass is 247 g/mol. The fourth-order valence-corrected chi connectivity index (χ4v) is 1.23. The molecule has 0 saturated heterocycles. The molecule has 0 saturated carbocycles. The van der Waals surface area contributed by atoms with Gasteiger partial charge in [-0.1, -0.05) is 12.1 Å². The Morgan fingerprint density at radius 1 is 1.44 bits per heavy atom. The highest BCUT2D eigenvalue weighted by atomic mass is 16.5. The zero-order valence-corrected chi connectivity index (χ0v) is 10.6. The number of ether oxygens (including phenoxy) is 1. The third-order valence-electron chi connectivity index (χ3n) is 2.58. The zero-order chi connectivity index (χ0) is 13.6. The number of carbonyl (C=O) groups excluding carboxylic acids is 1. The summed E-state index contributed by atoms with van der Waals surface area (Å²) < 4.78 is 5.14. The summed E-state index contributed by atoms with van der Waals surface area (Å²) in [4.78, 5) is 11.1. The number of nitrogens with one attached hydrogen (secondary N) is 1. The predicted molar refractivity (Wildman–Crippen MR) is 67.7 cm³/mol. The predicted octanol–water partition coefficient (Wildman–Crippen LogP) is 0.942. The van der Waals surface area contributed by atoms with E-state index >= 15 is 0 Å². The molecule has 0 radical (unpaired) electrons. The van der Waals surface area contributed by atoms with Crippen LogP contribution in [0, 0.1) is 11.3 Å². The Kier molecular flexibility index (Phi) is 4.69. The summed E-state index contributed by atoms with van der Waals surface area (Å²) in [5.74, 6) is 0.255. The minimum atomic E-state index is -0.740. The summed E-state index contributed by atoms with van der Waals surface area (Å²) in [5.41, 5.74) is 5.53. The van der Waals surface area contributed by atoms with Crippen LogP contribution in [0.25, 0.3) is 0 Å². The molecule has 0 bridgehead atoms. The van der Waals surface area contributed by atoms with Crippen molar-refractivity contribution < 1.29 is 9.53 Å². The number of hydrogen-bond donors (Lipinski definition) is 2. The fraction of sp³-hybridized carbons (Fsp3) is 0.385. The van der Waals surface area contributed by atoms with E-state index in [-0.39, 0.29) is 6.61 Å². The molecule has 0 aliphatic heterocycles. The van der Waals surface area contributed by atoms with Crippen LogP contribution in [0.4, 0.5) is 0 Å². The molecule has 0 aliphatic rings. The van der Waals surface area contributed by atoms with E-state index in [1.165, 1.54) is 0 Å². The molecule has 0 fully saturated rings. The number of nitrogens with two attached hydrogens (primary N) is 1. The Morgan fingerprint density at radius 3 is 2.56 bits per heavy atom. The van der Waals surface area contributed by atoms with Crippen LogP contribution in [-0.4, -0.2) is 18.1 Å². The Hall–Kier alpha value is -2.06. The van der Waals surface area contributed by atoms with Gasteiger partial charge in [0.1, 0.15) is 11.8 Å². The lowest BCUT2D eigenvalue weighted by molar-refractivity contribution is -0.123. The van der Waals surface area contributed by atoms with Gasteiger partial charge in [0.15, 0.2) is 6.61 Å². The van der Waals surface area contributed by atoms with Crippen LogP contribution >= 0.6 is 0 Å². The van der Waals surface area contributed by atoms with Crippen molar-refractivity contribution in [2.45, 2.75) is 25.9 Å². The highest BCUT2D eigenvalue weighted by Gasteiger charge is 2.23. The molecular formula is C13H17N3O2. The van der Waals surface area contributed by atoms with Crippen LogP contribution in [0.5, 0.6) is 5.75 Å². The van der Waals surface area contributed by atoms with Crippen LogP contribution < -0.4 is 15.8 Å². The first-order valence-corrected chi connectivity index (χ1v) is 5.59. The van der Waals surface area contributed by atoms with Gasteiger partial charge in [-0.2, -0.15) is 5.26 Å². The molecule has 5 heteroatoms. The average Bonchev–Trinajstić information content (AvgIpc) is 2.35. The van der Waals surface area contributed by atoms with E-state index in [4.69, 9.17) is 15.7 Å². The standard InChI is InChI=1S/C13H17N3O2/c1-13(2,12(15)17)16-9-10-3-5-11(6-4-10)18-8-7-14/h3-6,16H,8-9H2,1-2H3,(H2,15,17). The number of benzene rings is 1. The van der Waals surface area contributed by atoms with Gasteiger partial charge in [-0.05, 0) is 31.5 Å². The summed E-state index contributed by atoms with van der Waals surface area (Å²) in [6.45, 7) is 4.04. The smallest absolute Gasteiger partial charge is 0.237 e. The number of primary amides is 1. The maximum Gasteiger partial charge on any atom is 0.237 e. The number of amides is 1. The van der Waals surface area contributed by atoms with Crippen LogP contribution in [0.3, 0.4) is 0 Å². The van der Waals surface area contributed by atoms with E-state index in [0.717, 1.165) is 5.56 Å². The lowest BCUT2D eigenvalue weighted by atomic mass is 10.0. The maximum absolute atomic E-state index is 11.1. The van der Waals surface area contributed by atoms with Crippen molar-refractivity contribution in [3.63, 3.8) is 0 Å². The average molecular weight is 247 g/mol. The number of nitriles is 1. The van der Waals surface area contributed by atoms with Crippen molar-refractivity contribution in [1.82, 2.24) is 5.32 Å². The molecule has 0 spiro atoms. The topological polar surface area (TPSA) is 88.1 Å². The Morgan fingerprint density at radius 2 is 2.06 bits per heavy atom. The third kappa shape index (κ3) is 4.07. The van der Waals surface area contributed by atoms with Crippen molar-refractivity contribution in [2.75, 3.05) is 6.61 Å². The molecule has 0 aromatic heterocycles. The van der Waals surface area contributed by atoms with Gasteiger partial charge in [0.25, 0.3) is 0 Å². The summed E-state index contributed by atoms with van der Waals surface area (Å²) in [7, 11) is 0. The van der Waals surface area contributed by atoms with Crippen LogP contribution in [-0.2, 0) is 11.3 Å². The second kappa shape index (κ2) is 6.03. The first-order chi connectivity index (χ1) is 8.45. The molecule has 18 heavy (non-hydrogen) atoms. The second-order valence-corrected chi connectivity index (χ2v) is 4.43. The van der Waals surface area contributed by atoms with Crippen LogP contribution in [0.1, 0.15) is 19.4 Å². The van der Waals surface area contributed by atoms with Gasteiger partial charge in [-0.25, -0.2) is 0 Å². The van der Waals surface area contributed by atoms with E-state index in [2.05, 4.69) is 5.32 Å². The highest BCUT2D eigenvalue weighted by Crippen LogP contribution is 2.12. The lowest BCUT2D eigenvalue weighted by Crippen LogP contribution is -2.50. The van der Waals surface area contributed by atoms with Crippen molar-refractivity contribution in [3.8, 4) is 11.8 Å². The fourth-order valence-electron chi connectivity index (χ4n) is 1.23. The van der Waals surface area contributed by atoms with E-state index in [1.54, 1.807) is 26.0 Å². The number of nitrogens with zero attached hydrogens (tertiary/aromatic N) is 1. The lowest BCUT2D eigenvalue weighted by Gasteiger charge is -2.22. The van der Waals surface area contributed by atoms with E-state index < -0.39 is 11.4 Å². The zero-order valence-electron chi connectivity index (χ0n) is 10.6. The van der Waals surface area contributed by atoms with Gasteiger partial charge < -0.3 is 10.5 Å². The SMILES string of the molecule is CC(C)(NCc1ccc(OCC#N)cc1)C(N)=O. The minimum Gasteiger partial charge on any atom is -0.479 e. The van der Waals surface area contributed by atoms with Crippen molar-refractivity contribution in [3.05, 3.63) is 29.8 Å². The van der Waals surface area contributed by atoms with Gasteiger partial charge in [-0.3, -0.25) is 10.1 Å². The van der Waals surface area contributed by atoms with Crippen molar-refractivity contribution in [1.29, 1.82) is 5.26 Å². The van der Waals surface area contributed by atoms with Gasteiger partial charge in [-0.15, -0.1) is 0 Å². The van der Waals surface area contributed by atoms with Crippen molar-refractivity contribution >= 4 is 5.91 Å². The molecule has 0 unspecified atom stereocenters. The van der Waals surface area contributed by atoms with E-state index in [1.807, 2.05) is 18.2 Å². The minimum absolute atomic E-state index is 0.0340. The number of hydrogen-bond acceptors (Lipinski definition) is 4. The van der Waals surface area contributed by atoms with E-state index in [9.17, 15) is 4.79 Å². The molecule has 1 aromatic carbocycles. The molecule has 0 aliphatic carbocycles. The van der Waals surface area contributed by atoms with Crippen molar-refractivity contribution in [2.24, 2.45) is 5.73 Å². The molecule has 1 amide bonds. The molecule has 5 nitrogen and oxygen atoms in total. The van der Waals surface area contributed by atoms with Gasteiger partial charge in [0, 0.05) is 6.54 Å². The summed E-state index contributed by atoms with van der Waals surface area (Å²) in [6, 6.07) is 9.21. The van der Waals surface area contributed by atoms with Gasteiger partial charge in [0.2, 0.25) is 5.91 Å². The van der Waals surface area contributed by atoms with E-state index in [0.29, 0.717) is 12.3 Å². The molecular weight excluding hydrogens is 230 g/mol. The normalized spacial score (nSPS) is 10.7. The molecule has 1 rings (SSSR count). The summed E-state index contributed by atoms with van der Waals surface area (Å²) >= 11 is 0. The van der Waals surface area contributed by atoms with Gasteiger partial charge in [0.05, 0.1) is 5.54 Å². The van der Waals surface area contributed by atoms with Gasteiger partial charge >= 0.3 is 0 Å².